The van der Waals surface area contributed by atoms with Gasteiger partial charge in [0.15, 0.2) is 11.6 Å². The average Bonchev–Trinajstić information content (AvgIpc) is 2.96. The third-order valence-corrected chi connectivity index (χ3v) is 6.38. The number of anilines is 2. The Morgan fingerprint density at radius 1 is 0.871 bits per heavy atom. The summed E-state index contributed by atoms with van der Waals surface area (Å²) in [5, 5.41) is 7.05. The predicted molar refractivity (Wildman–Crippen MR) is 126 cm³/mol. The van der Waals surface area contributed by atoms with E-state index in [0.717, 1.165) is 45.5 Å². The molecule has 0 bridgehead atoms. The molecule has 0 spiro atoms. The monoisotopic (exact) mass is 472 g/mol. The van der Waals surface area contributed by atoms with Crippen molar-refractivity contribution in [2.75, 3.05) is 10.6 Å². The van der Waals surface area contributed by atoms with Crippen molar-refractivity contribution < 1.29 is 9.59 Å². The van der Waals surface area contributed by atoms with E-state index in [1.807, 2.05) is 72.8 Å². The molecule has 0 aromatic heterocycles. The first-order valence-corrected chi connectivity index (χ1v) is 11.2. The predicted octanol–water partition coefficient (Wildman–Crippen LogP) is 6.27. The first-order chi connectivity index (χ1) is 15.1. The van der Waals surface area contributed by atoms with Crippen LogP contribution in [0.15, 0.2) is 88.5 Å². The summed E-state index contributed by atoms with van der Waals surface area (Å²) in [5.74, 6) is 0.149. The number of benzene rings is 3. The SMILES string of the molecule is O=C1CCCC2=C1C(c1ccc(Br)cc1)Nc1ccc(C(=O)c3ccccc3)cc1N2. The average molecular weight is 473 g/mol. The molecular weight excluding hydrogens is 452 g/mol. The summed E-state index contributed by atoms with van der Waals surface area (Å²) in [6, 6.07) is 22.7. The first-order valence-electron chi connectivity index (χ1n) is 10.4. The van der Waals surface area contributed by atoms with Crippen LogP contribution < -0.4 is 10.6 Å². The lowest BCUT2D eigenvalue weighted by Crippen LogP contribution is -2.23. The highest BCUT2D eigenvalue weighted by Gasteiger charge is 2.32. The van der Waals surface area contributed by atoms with E-state index in [2.05, 4.69) is 26.6 Å². The molecular formula is C26H21BrN2O2. The molecule has 4 nitrogen and oxygen atoms in total. The van der Waals surface area contributed by atoms with Gasteiger partial charge in [-0.25, -0.2) is 0 Å². The van der Waals surface area contributed by atoms with E-state index in [-0.39, 0.29) is 17.6 Å². The summed E-state index contributed by atoms with van der Waals surface area (Å²) < 4.78 is 0.997. The topological polar surface area (TPSA) is 58.2 Å². The highest BCUT2D eigenvalue weighted by atomic mass is 79.9. The fraction of sp³-hybridized carbons (Fsp3) is 0.154. The molecule has 1 atom stereocenters. The standard InChI is InChI=1S/C26H21BrN2O2/c27-19-12-9-16(10-13-19)25-24-21(7-4-8-23(24)30)28-22-15-18(11-14-20(22)29-25)26(31)17-5-2-1-3-6-17/h1-3,5-6,9-15,25,28-29H,4,7-8H2. The molecule has 1 heterocycles. The quantitative estimate of drug-likeness (QED) is 0.441. The molecule has 31 heavy (non-hydrogen) atoms. The van der Waals surface area contributed by atoms with Gasteiger partial charge in [0.2, 0.25) is 0 Å². The molecule has 0 fully saturated rings. The summed E-state index contributed by atoms with van der Waals surface area (Å²) in [4.78, 5) is 25.9. The van der Waals surface area contributed by atoms with Crippen molar-refractivity contribution in [3.05, 3.63) is 105 Å². The van der Waals surface area contributed by atoms with Crippen LogP contribution in [0.25, 0.3) is 0 Å². The molecule has 154 valence electrons. The van der Waals surface area contributed by atoms with Crippen molar-refractivity contribution in [2.24, 2.45) is 0 Å². The van der Waals surface area contributed by atoms with Gasteiger partial charge in [-0.2, -0.15) is 0 Å². The number of carbonyl (C=O) groups excluding carboxylic acids is 2. The second-order valence-corrected chi connectivity index (χ2v) is 8.79. The minimum atomic E-state index is -0.236. The van der Waals surface area contributed by atoms with E-state index in [0.29, 0.717) is 17.5 Å². The summed E-state index contributed by atoms with van der Waals surface area (Å²) in [5.41, 5.74) is 5.74. The van der Waals surface area contributed by atoms with Gasteiger partial charge in [0.1, 0.15) is 0 Å². The van der Waals surface area contributed by atoms with Crippen molar-refractivity contribution in [2.45, 2.75) is 25.3 Å². The van der Waals surface area contributed by atoms with Gasteiger partial charge in [-0.15, -0.1) is 0 Å². The van der Waals surface area contributed by atoms with E-state index in [1.54, 1.807) is 0 Å². The second kappa shape index (κ2) is 8.16. The summed E-state index contributed by atoms with van der Waals surface area (Å²) in [7, 11) is 0. The van der Waals surface area contributed by atoms with Crippen LogP contribution in [0, 0.1) is 0 Å². The highest BCUT2D eigenvalue weighted by Crippen LogP contribution is 2.41. The molecule has 1 aliphatic heterocycles. The highest BCUT2D eigenvalue weighted by molar-refractivity contribution is 9.10. The minimum absolute atomic E-state index is 0.0205. The Morgan fingerprint density at radius 3 is 2.42 bits per heavy atom. The van der Waals surface area contributed by atoms with E-state index < -0.39 is 0 Å². The fourth-order valence-corrected chi connectivity index (χ4v) is 4.56. The smallest absolute Gasteiger partial charge is 0.193 e. The Morgan fingerprint density at radius 2 is 1.65 bits per heavy atom. The number of halogens is 1. The zero-order valence-corrected chi connectivity index (χ0v) is 18.4. The molecule has 2 aliphatic rings. The lowest BCUT2D eigenvalue weighted by molar-refractivity contribution is -0.116. The lowest BCUT2D eigenvalue weighted by Gasteiger charge is -2.25. The number of Topliss-reactive ketones (excluding diaryl/α,β-unsaturated/α-hetero) is 1. The number of nitrogens with one attached hydrogen (secondary N) is 2. The van der Waals surface area contributed by atoms with Crippen LogP contribution >= 0.6 is 15.9 Å². The van der Waals surface area contributed by atoms with E-state index in [1.165, 1.54) is 0 Å². The number of hydrogen-bond donors (Lipinski definition) is 2. The maximum atomic E-state index is 13.0. The van der Waals surface area contributed by atoms with Gasteiger partial charge in [-0.1, -0.05) is 58.4 Å². The molecule has 0 amide bonds. The summed E-state index contributed by atoms with van der Waals surface area (Å²) in [6.45, 7) is 0. The number of carbonyl (C=O) groups is 2. The molecule has 3 aromatic rings. The van der Waals surface area contributed by atoms with Crippen LogP contribution in [0.3, 0.4) is 0 Å². The lowest BCUT2D eigenvalue weighted by atomic mass is 9.87. The second-order valence-electron chi connectivity index (χ2n) is 7.88. The normalized spacial score (nSPS) is 17.7. The van der Waals surface area contributed by atoms with Crippen molar-refractivity contribution in [3.63, 3.8) is 0 Å². The van der Waals surface area contributed by atoms with Crippen molar-refractivity contribution in [1.82, 2.24) is 0 Å². The number of allylic oxidation sites excluding steroid dienone is 1. The number of hydrogen-bond acceptors (Lipinski definition) is 4. The minimum Gasteiger partial charge on any atom is -0.372 e. The molecule has 1 aliphatic carbocycles. The van der Waals surface area contributed by atoms with Gasteiger partial charge in [-0.05, 0) is 48.7 Å². The molecule has 1 unspecified atom stereocenters. The zero-order chi connectivity index (χ0) is 21.4. The van der Waals surface area contributed by atoms with Gasteiger partial charge in [0, 0.05) is 33.3 Å². The van der Waals surface area contributed by atoms with Crippen LogP contribution in [0.5, 0.6) is 0 Å². The first kappa shape index (κ1) is 19.8. The molecule has 5 rings (SSSR count). The molecule has 0 radical (unpaired) electrons. The van der Waals surface area contributed by atoms with Gasteiger partial charge in [0.25, 0.3) is 0 Å². The van der Waals surface area contributed by atoms with E-state index in [9.17, 15) is 9.59 Å². The number of fused-ring (bicyclic) bond motifs is 1. The summed E-state index contributed by atoms with van der Waals surface area (Å²) >= 11 is 3.49. The Labute approximate surface area is 189 Å². The molecule has 5 heteroatoms. The zero-order valence-electron chi connectivity index (χ0n) is 16.8. The Hall–Kier alpha value is -3.18. The van der Waals surface area contributed by atoms with Crippen LogP contribution in [0.4, 0.5) is 11.4 Å². The number of ketones is 2. The van der Waals surface area contributed by atoms with Crippen LogP contribution in [-0.4, -0.2) is 11.6 Å². The van der Waals surface area contributed by atoms with E-state index in [4.69, 9.17) is 0 Å². The van der Waals surface area contributed by atoms with E-state index >= 15 is 0 Å². The molecule has 3 aromatic carbocycles. The number of rotatable bonds is 3. The fourth-order valence-electron chi connectivity index (χ4n) is 4.29. The van der Waals surface area contributed by atoms with Gasteiger partial charge >= 0.3 is 0 Å². The van der Waals surface area contributed by atoms with Gasteiger partial charge in [0.05, 0.1) is 17.4 Å². The maximum absolute atomic E-state index is 13.0. The van der Waals surface area contributed by atoms with Crippen molar-refractivity contribution in [3.8, 4) is 0 Å². The Kier molecular flexibility index (Phi) is 5.20. The largest absolute Gasteiger partial charge is 0.372 e. The molecule has 0 saturated carbocycles. The van der Waals surface area contributed by atoms with Crippen LogP contribution in [0.2, 0.25) is 0 Å². The molecule has 0 saturated heterocycles. The summed E-state index contributed by atoms with van der Waals surface area (Å²) in [6.07, 6.45) is 2.20. The third kappa shape index (κ3) is 3.81. The Balaban J connectivity index is 1.58. The van der Waals surface area contributed by atoms with Crippen molar-refractivity contribution in [1.29, 1.82) is 0 Å². The van der Waals surface area contributed by atoms with Crippen molar-refractivity contribution >= 4 is 38.9 Å². The van der Waals surface area contributed by atoms with Gasteiger partial charge < -0.3 is 10.6 Å². The van der Waals surface area contributed by atoms with Crippen LogP contribution in [-0.2, 0) is 4.79 Å². The Bertz CT molecular complexity index is 1200. The molecule has 2 N–H and O–H groups in total. The maximum Gasteiger partial charge on any atom is 0.193 e. The van der Waals surface area contributed by atoms with Gasteiger partial charge in [-0.3, -0.25) is 9.59 Å². The van der Waals surface area contributed by atoms with Crippen LogP contribution in [0.1, 0.15) is 46.8 Å². The third-order valence-electron chi connectivity index (χ3n) is 5.85.